The molecule has 1 heterocycles. The van der Waals surface area contributed by atoms with Gasteiger partial charge in [0.15, 0.2) is 4.67 Å². The number of furan rings is 1. The first-order chi connectivity index (χ1) is 9.86. The highest BCUT2D eigenvalue weighted by Crippen LogP contribution is 2.39. The van der Waals surface area contributed by atoms with E-state index in [1.807, 2.05) is 0 Å². The largest absolute Gasteiger partial charge is 0.452 e. The molecular formula is C14H23BrN2O3S. The summed E-state index contributed by atoms with van der Waals surface area (Å²) in [5.41, 5.74) is 0.106. The van der Waals surface area contributed by atoms with Crippen molar-refractivity contribution in [2.24, 2.45) is 5.41 Å². The van der Waals surface area contributed by atoms with E-state index in [-0.39, 0.29) is 15.0 Å². The average Bonchev–Trinajstić information content (AvgIpc) is 2.77. The van der Waals surface area contributed by atoms with Gasteiger partial charge in [-0.3, -0.25) is 0 Å². The molecule has 1 fully saturated rings. The van der Waals surface area contributed by atoms with Gasteiger partial charge in [-0.1, -0.05) is 20.3 Å². The summed E-state index contributed by atoms with van der Waals surface area (Å²) in [5, 5.41) is 3.19. The molecule has 21 heavy (non-hydrogen) atoms. The Labute approximate surface area is 135 Å². The van der Waals surface area contributed by atoms with Crippen molar-refractivity contribution in [1.29, 1.82) is 0 Å². The van der Waals surface area contributed by atoms with Gasteiger partial charge in [0.1, 0.15) is 10.7 Å². The maximum absolute atomic E-state index is 12.4. The molecule has 1 aromatic heterocycles. The zero-order valence-electron chi connectivity index (χ0n) is 12.5. The molecule has 0 aliphatic heterocycles. The fourth-order valence-corrected chi connectivity index (χ4v) is 4.56. The Hall–Kier alpha value is -0.370. The number of hydrogen-bond acceptors (Lipinski definition) is 4. The van der Waals surface area contributed by atoms with Crippen molar-refractivity contribution in [3.05, 3.63) is 16.5 Å². The highest BCUT2D eigenvalue weighted by Gasteiger charge is 2.33. The highest BCUT2D eigenvalue weighted by molar-refractivity contribution is 9.10. The third-order valence-corrected chi connectivity index (χ3v) is 6.23. The molecule has 1 aromatic rings. The van der Waals surface area contributed by atoms with E-state index in [0.717, 1.165) is 25.8 Å². The van der Waals surface area contributed by atoms with E-state index in [2.05, 4.69) is 39.8 Å². The van der Waals surface area contributed by atoms with E-state index in [1.165, 1.54) is 6.42 Å². The molecule has 0 unspecified atom stereocenters. The smallest absolute Gasteiger partial charge is 0.244 e. The average molecular weight is 379 g/mol. The fraction of sp³-hybridized carbons (Fsp3) is 0.714. The zero-order valence-corrected chi connectivity index (χ0v) is 14.9. The van der Waals surface area contributed by atoms with Gasteiger partial charge in [-0.15, -0.1) is 0 Å². The number of nitrogens with one attached hydrogen (secondary N) is 2. The summed E-state index contributed by atoms with van der Waals surface area (Å²) in [6.07, 6.45) is 4.36. The number of sulfonamides is 1. The molecule has 0 radical (unpaired) electrons. The van der Waals surface area contributed by atoms with Crippen LogP contribution in [0.5, 0.6) is 0 Å². The Morgan fingerprint density at radius 1 is 1.43 bits per heavy atom. The maximum Gasteiger partial charge on any atom is 0.244 e. The van der Waals surface area contributed by atoms with Crippen LogP contribution in [0.1, 0.15) is 45.3 Å². The minimum absolute atomic E-state index is 0.106. The predicted molar refractivity (Wildman–Crippen MR) is 85.6 cm³/mol. The molecule has 0 spiro atoms. The topological polar surface area (TPSA) is 71.3 Å². The fourth-order valence-electron chi connectivity index (χ4n) is 2.36. The third-order valence-electron chi connectivity index (χ3n) is 3.97. The van der Waals surface area contributed by atoms with E-state index < -0.39 is 10.0 Å². The molecule has 0 bridgehead atoms. The van der Waals surface area contributed by atoms with Crippen LogP contribution in [0.2, 0.25) is 0 Å². The van der Waals surface area contributed by atoms with Crippen LogP contribution in [0, 0.1) is 5.41 Å². The zero-order chi connectivity index (χ0) is 15.5. The first-order valence-electron chi connectivity index (χ1n) is 7.35. The van der Waals surface area contributed by atoms with Crippen molar-refractivity contribution in [2.45, 2.75) is 51.0 Å². The van der Waals surface area contributed by atoms with Crippen LogP contribution in [0.25, 0.3) is 0 Å². The van der Waals surface area contributed by atoms with E-state index >= 15 is 0 Å². The molecule has 0 amide bonds. The van der Waals surface area contributed by atoms with E-state index in [1.54, 1.807) is 6.07 Å². The molecule has 5 nitrogen and oxygen atoms in total. The van der Waals surface area contributed by atoms with Crippen molar-refractivity contribution >= 4 is 26.0 Å². The monoisotopic (exact) mass is 378 g/mol. The lowest BCUT2D eigenvalue weighted by Gasteiger charge is -2.38. The summed E-state index contributed by atoms with van der Waals surface area (Å²) in [7, 11) is -3.53. The van der Waals surface area contributed by atoms with Crippen LogP contribution in [0.4, 0.5) is 0 Å². The van der Waals surface area contributed by atoms with Crippen LogP contribution in [0.3, 0.4) is 0 Å². The Morgan fingerprint density at radius 2 is 2.14 bits per heavy atom. The summed E-state index contributed by atoms with van der Waals surface area (Å²) in [6.45, 7) is 6.07. The summed E-state index contributed by atoms with van der Waals surface area (Å²) in [6, 6.07) is 1.58. The Balaban J connectivity index is 2.01. The van der Waals surface area contributed by atoms with Crippen molar-refractivity contribution < 1.29 is 12.8 Å². The van der Waals surface area contributed by atoms with Gasteiger partial charge in [0.05, 0.1) is 6.54 Å². The molecule has 1 saturated carbocycles. The van der Waals surface area contributed by atoms with Crippen LogP contribution >= 0.6 is 15.9 Å². The molecular weight excluding hydrogens is 356 g/mol. The summed E-state index contributed by atoms with van der Waals surface area (Å²) >= 11 is 3.20. The lowest BCUT2D eigenvalue weighted by molar-refractivity contribution is 0.166. The van der Waals surface area contributed by atoms with Crippen molar-refractivity contribution in [2.75, 3.05) is 13.1 Å². The molecule has 2 N–H and O–H groups in total. The van der Waals surface area contributed by atoms with E-state index in [0.29, 0.717) is 18.8 Å². The second-order valence-electron chi connectivity index (χ2n) is 6.02. The third kappa shape index (κ3) is 4.31. The van der Waals surface area contributed by atoms with Gasteiger partial charge in [0.2, 0.25) is 10.0 Å². The van der Waals surface area contributed by atoms with Gasteiger partial charge >= 0.3 is 0 Å². The molecule has 1 aliphatic carbocycles. The molecule has 7 heteroatoms. The lowest BCUT2D eigenvalue weighted by atomic mass is 9.71. The van der Waals surface area contributed by atoms with Crippen LogP contribution in [0.15, 0.2) is 20.0 Å². The molecule has 120 valence electrons. The molecule has 2 rings (SSSR count). The Kier molecular flexibility index (Phi) is 5.51. The van der Waals surface area contributed by atoms with Crippen LogP contribution < -0.4 is 10.0 Å². The van der Waals surface area contributed by atoms with Crippen LogP contribution in [-0.2, 0) is 16.6 Å². The Bertz CT molecular complexity index is 579. The second-order valence-corrected chi connectivity index (χ2v) is 8.47. The number of rotatable bonds is 8. The van der Waals surface area contributed by atoms with E-state index in [4.69, 9.17) is 4.42 Å². The Morgan fingerprint density at radius 3 is 2.71 bits per heavy atom. The lowest BCUT2D eigenvalue weighted by Crippen LogP contribution is -2.39. The van der Waals surface area contributed by atoms with Gasteiger partial charge < -0.3 is 9.73 Å². The number of halogens is 1. The standard InChI is InChI=1S/C14H23BrN2O3S/c1-3-7-16-9-11-8-12(13(15)20-11)21(18,19)17-10-14(2)5-4-6-14/h8,16-17H,3-7,9-10H2,1-2H3. The number of hydrogen-bond donors (Lipinski definition) is 2. The normalized spacial score (nSPS) is 17.7. The van der Waals surface area contributed by atoms with Crippen molar-refractivity contribution in [3.63, 3.8) is 0 Å². The minimum atomic E-state index is -3.53. The minimum Gasteiger partial charge on any atom is -0.452 e. The molecule has 1 aliphatic rings. The van der Waals surface area contributed by atoms with Gasteiger partial charge in [-0.05, 0) is 47.2 Å². The van der Waals surface area contributed by atoms with Gasteiger partial charge in [0, 0.05) is 12.6 Å². The highest BCUT2D eigenvalue weighted by atomic mass is 79.9. The van der Waals surface area contributed by atoms with Crippen molar-refractivity contribution in [3.8, 4) is 0 Å². The summed E-state index contributed by atoms with van der Waals surface area (Å²) in [5.74, 6) is 0.616. The summed E-state index contributed by atoms with van der Waals surface area (Å²) in [4.78, 5) is 0.179. The predicted octanol–water partition coefficient (Wildman–Crippen LogP) is 3.01. The van der Waals surface area contributed by atoms with Gasteiger partial charge in [-0.2, -0.15) is 0 Å². The van der Waals surface area contributed by atoms with E-state index in [9.17, 15) is 8.42 Å². The second kappa shape index (κ2) is 6.81. The molecule has 0 aromatic carbocycles. The van der Waals surface area contributed by atoms with Crippen LogP contribution in [-0.4, -0.2) is 21.5 Å². The molecule has 0 atom stereocenters. The van der Waals surface area contributed by atoms with Gasteiger partial charge in [0.25, 0.3) is 0 Å². The first-order valence-corrected chi connectivity index (χ1v) is 9.62. The first kappa shape index (κ1) is 17.0. The quantitative estimate of drug-likeness (QED) is 0.682. The maximum atomic E-state index is 12.4. The molecule has 0 saturated heterocycles. The summed E-state index contributed by atoms with van der Waals surface area (Å²) < 4.78 is 33.1. The van der Waals surface area contributed by atoms with Gasteiger partial charge in [-0.25, -0.2) is 13.1 Å². The van der Waals surface area contributed by atoms with Crippen molar-refractivity contribution in [1.82, 2.24) is 10.0 Å². The SMILES string of the molecule is CCCNCc1cc(S(=O)(=O)NCC2(C)CCC2)c(Br)o1.